The number of carbonyl (C=O) groups is 1. The summed E-state index contributed by atoms with van der Waals surface area (Å²) in [4.78, 5) is 26.0. The molecule has 0 saturated carbocycles. The van der Waals surface area contributed by atoms with Gasteiger partial charge in [-0.15, -0.1) is 0 Å². The number of anilines is 1. The van der Waals surface area contributed by atoms with E-state index in [1.807, 2.05) is 0 Å². The van der Waals surface area contributed by atoms with Gasteiger partial charge in [0.1, 0.15) is 5.69 Å². The summed E-state index contributed by atoms with van der Waals surface area (Å²) in [6.45, 7) is 3.86. The zero-order valence-electron chi connectivity index (χ0n) is 15.8. The maximum atomic E-state index is 12.7. The smallest absolute Gasteiger partial charge is 0.293 e. The van der Waals surface area contributed by atoms with Gasteiger partial charge in [0, 0.05) is 42.8 Å². The van der Waals surface area contributed by atoms with E-state index in [4.69, 9.17) is 0 Å². The number of piperidine rings is 2. The molecule has 2 bridgehead atoms. The molecule has 7 heteroatoms. The predicted molar refractivity (Wildman–Crippen MR) is 104 cm³/mol. The molecule has 0 aliphatic carbocycles. The summed E-state index contributed by atoms with van der Waals surface area (Å²) in [5, 5.41) is 18.3. The molecule has 146 valence electrons. The number of nitro benzene ring substituents is 1. The van der Waals surface area contributed by atoms with Crippen molar-refractivity contribution in [3.05, 3.63) is 33.9 Å². The predicted octanol–water partition coefficient (Wildman–Crippen LogP) is 2.84. The molecule has 3 heterocycles. The van der Waals surface area contributed by atoms with Crippen LogP contribution >= 0.6 is 0 Å². The largest absolute Gasteiger partial charge is 0.366 e. The minimum absolute atomic E-state index is 0.0302. The van der Waals surface area contributed by atoms with E-state index < -0.39 is 0 Å². The maximum Gasteiger partial charge on any atom is 0.293 e. The molecular weight excluding hydrogens is 344 g/mol. The Kier molecular flexibility index (Phi) is 5.04. The molecule has 7 nitrogen and oxygen atoms in total. The normalized spacial score (nSPS) is 28.2. The molecule has 0 spiro atoms. The number of nitro groups is 1. The fourth-order valence-electron chi connectivity index (χ4n) is 4.77. The lowest BCUT2D eigenvalue weighted by atomic mass is 9.98. The molecule has 2 atom stereocenters. The van der Waals surface area contributed by atoms with Crippen LogP contribution in [0.1, 0.15) is 55.8 Å². The van der Waals surface area contributed by atoms with Gasteiger partial charge in [0.2, 0.25) is 0 Å². The van der Waals surface area contributed by atoms with Crippen LogP contribution in [0.15, 0.2) is 18.2 Å². The average molecular weight is 372 g/mol. The van der Waals surface area contributed by atoms with Crippen LogP contribution in [-0.4, -0.2) is 42.0 Å². The highest BCUT2D eigenvalue weighted by Crippen LogP contribution is 2.33. The third-order valence-electron chi connectivity index (χ3n) is 6.37. The second kappa shape index (κ2) is 7.46. The SMILES string of the molecule is CC1CCN(c2ccc(C(=O)NC3CC4CCC(C3)N4)cc2[N+](=O)[O-])CC1. The van der Waals surface area contributed by atoms with Gasteiger partial charge >= 0.3 is 0 Å². The highest BCUT2D eigenvalue weighted by Gasteiger charge is 2.34. The second-order valence-corrected chi connectivity index (χ2v) is 8.41. The summed E-state index contributed by atoms with van der Waals surface area (Å²) in [5.74, 6) is 0.453. The summed E-state index contributed by atoms with van der Waals surface area (Å²) < 4.78 is 0. The van der Waals surface area contributed by atoms with Crippen LogP contribution in [0, 0.1) is 16.0 Å². The van der Waals surface area contributed by atoms with Gasteiger partial charge in [-0.2, -0.15) is 0 Å². The average Bonchev–Trinajstić information content (AvgIpc) is 3.00. The van der Waals surface area contributed by atoms with E-state index in [9.17, 15) is 14.9 Å². The van der Waals surface area contributed by atoms with Crippen molar-refractivity contribution in [2.45, 2.75) is 63.6 Å². The maximum absolute atomic E-state index is 12.7. The molecule has 1 aromatic rings. The number of carbonyl (C=O) groups excluding carboxylic acids is 1. The van der Waals surface area contributed by atoms with E-state index in [0.717, 1.165) is 38.8 Å². The Labute approximate surface area is 159 Å². The quantitative estimate of drug-likeness (QED) is 0.627. The molecule has 3 saturated heterocycles. The number of fused-ring (bicyclic) bond motifs is 2. The van der Waals surface area contributed by atoms with Gasteiger partial charge in [0.15, 0.2) is 0 Å². The van der Waals surface area contributed by atoms with Crippen LogP contribution in [-0.2, 0) is 0 Å². The van der Waals surface area contributed by atoms with Crippen molar-refractivity contribution in [2.24, 2.45) is 5.92 Å². The second-order valence-electron chi connectivity index (χ2n) is 8.41. The van der Waals surface area contributed by atoms with Crippen molar-refractivity contribution < 1.29 is 9.72 Å². The topological polar surface area (TPSA) is 87.5 Å². The van der Waals surface area contributed by atoms with E-state index in [2.05, 4.69) is 22.5 Å². The van der Waals surface area contributed by atoms with Gasteiger partial charge in [-0.05, 0) is 56.6 Å². The van der Waals surface area contributed by atoms with Crippen molar-refractivity contribution in [2.75, 3.05) is 18.0 Å². The number of benzene rings is 1. The van der Waals surface area contributed by atoms with E-state index in [1.165, 1.54) is 18.9 Å². The van der Waals surface area contributed by atoms with E-state index in [0.29, 0.717) is 29.3 Å². The number of amides is 1. The minimum atomic E-state index is -0.366. The molecule has 3 fully saturated rings. The molecule has 2 N–H and O–H groups in total. The van der Waals surface area contributed by atoms with Crippen molar-refractivity contribution in [1.29, 1.82) is 0 Å². The summed E-state index contributed by atoms with van der Waals surface area (Å²) >= 11 is 0. The summed E-state index contributed by atoms with van der Waals surface area (Å²) in [6.07, 6.45) is 6.30. The molecule has 27 heavy (non-hydrogen) atoms. The van der Waals surface area contributed by atoms with Gasteiger partial charge in [-0.3, -0.25) is 14.9 Å². The van der Waals surface area contributed by atoms with Gasteiger partial charge < -0.3 is 15.5 Å². The molecule has 1 aromatic carbocycles. The van der Waals surface area contributed by atoms with Crippen molar-refractivity contribution >= 4 is 17.3 Å². The fourth-order valence-corrected chi connectivity index (χ4v) is 4.77. The first-order valence-electron chi connectivity index (χ1n) is 10.1. The number of nitrogens with zero attached hydrogens (tertiary/aromatic N) is 2. The lowest BCUT2D eigenvalue weighted by Crippen LogP contribution is -2.48. The number of rotatable bonds is 4. The lowest BCUT2D eigenvalue weighted by Gasteiger charge is -2.32. The Balaban J connectivity index is 1.48. The van der Waals surface area contributed by atoms with Gasteiger partial charge in [-0.25, -0.2) is 0 Å². The number of hydrogen-bond acceptors (Lipinski definition) is 5. The van der Waals surface area contributed by atoms with Crippen molar-refractivity contribution in [3.63, 3.8) is 0 Å². The Hall–Kier alpha value is -2.15. The van der Waals surface area contributed by atoms with Gasteiger partial charge in [0.25, 0.3) is 11.6 Å². The molecule has 2 unspecified atom stereocenters. The van der Waals surface area contributed by atoms with Crippen molar-refractivity contribution in [3.8, 4) is 0 Å². The summed E-state index contributed by atoms with van der Waals surface area (Å²) in [5.41, 5.74) is 1.03. The lowest BCUT2D eigenvalue weighted by molar-refractivity contribution is -0.384. The van der Waals surface area contributed by atoms with Crippen LogP contribution < -0.4 is 15.5 Å². The first-order chi connectivity index (χ1) is 13.0. The standard InChI is InChI=1S/C20H28N4O3/c1-13-6-8-23(9-7-13)18-5-2-14(10-19(18)24(26)27)20(25)22-17-11-15-3-4-16(12-17)21-15/h2,5,10,13,15-17,21H,3-4,6-9,11-12H2,1H3,(H,22,25). The molecular formula is C20H28N4O3. The van der Waals surface area contributed by atoms with Gasteiger partial charge in [0.05, 0.1) is 4.92 Å². The zero-order chi connectivity index (χ0) is 19.0. The molecule has 3 aliphatic heterocycles. The highest BCUT2D eigenvalue weighted by atomic mass is 16.6. The number of hydrogen-bond donors (Lipinski definition) is 2. The Morgan fingerprint density at radius 1 is 1.19 bits per heavy atom. The first kappa shape index (κ1) is 18.2. The third-order valence-corrected chi connectivity index (χ3v) is 6.37. The zero-order valence-corrected chi connectivity index (χ0v) is 15.8. The molecule has 3 aliphatic rings. The fraction of sp³-hybridized carbons (Fsp3) is 0.650. The van der Waals surface area contributed by atoms with E-state index in [-0.39, 0.29) is 22.6 Å². The summed E-state index contributed by atoms with van der Waals surface area (Å²) in [7, 11) is 0. The van der Waals surface area contributed by atoms with Crippen LogP contribution in [0.2, 0.25) is 0 Å². The number of nitrogens with one attached hydrogen (secondary N) is 2. The third kappa shape index (κ3) is 3.93. The Bertz CT molecular complexity index is 718. The van der Waals surface area contributed by atoms with Gasteiger partial charge in [-0.1, -0.05) is 6.92 Å². The highest BCUT2D eigenvalue weighted by molar-refractivity contribution is 5.96. The van der Waals surface area contributed by atoms with E-state index >= 15 is 0 Å². The van der Waals surface area contributed by atoms with Crippen LogP contribution in [0.25, 0.3) is 0 Å². The summed E-state index contributed by atoms with van der Waals surface area (Å²) in [6, 6.07) is 6.05. The van der Waals surface area contributed by atoms with Crippen LogP contribution in [0.5, 0.6) is 0 Å². The molecule has 4 rings (SSSR count). The van der Waals surface area contributed by atoms with Crippen LogP contribution in [0.3, 0.4) is 0 Å². The Morgan fingerprint density at radius 2 is 1.85 bits per heavy atom. The van der Waals surface area contributed by atoms with Crippen molar-refractivity contribution in [1.82, 2.24) is 10.6 Å². The molecule has 0 radical (unpaired) electrons. The Morgan fingerprint density at radius 3 is 2.48 bits per heavy atom. The minimum Gasteiger partial charge on any atom is -0.366 e. The van der Waals surface area contributed by atoms with E-state index in [1.54, 1.807) is 12.1 Å². The molecule has 0 aromatic heterocycles. The first-order valence-corrected chi connectivity index (χ1v) is 10.1. The van der Waals surface area contributed by atoms with Crippen LogP contribution in [0.4, 0.5) is 11.4 Å². The monoisotopic (exact) mass is 372 g/mol. The molecule has 1 amide bonds.